The summed E-state index contributed by atoms with van der Waals surface area (Å²) in [6.45, 7) is 1.27. The highest BCUT2D eigenvalue weighted by atomic mass is 35.5. The van der Waals surface area contributed by atoms with Crippen LogP contribution in [0.3, 0.4) is 0 Å². The van der Waals surface area contributed by atoms with Crippen LogP contribution in [0.2, 0.25) is 5.02 Å². The SMILES string of the molecule is CNCc1cc(OCc2cccc(Cl)c2)n(C2CCCC2)n1.Cl. The minimum absolute atomic E-state index is 0. The molecule has 23 heavy (non-hydrogen) atoms. The van der Waals surface area contributed by atoms with Crippen LogP contribution < -0.4 is 10.1 Å². The fourth-order valence-corrected chi connectivity index (χ4v) is 3.21. The first-order chi connectivity index (χ1) is 10.8. The van der Waals surface area contributed by atoms with Gasteiger partial charge in [-0.25, -0.2) is 4.68 Å². The molecule has 1 aromatic carbocycles. The summed E-state index contributed by atoms with van der Waals surface area (Å²) in [5.41, 5.74) is 2.09. The number of hydrogen-bond donors (Lipinski definition) is 1. The highest BCUT2D eigenvalue weighted by molar-refractivity contribution is 6.30. The number of halogens is 2. The van der Waals surface area contributed by atoms with Gasteiger partial charge in [-0.2, -0.15) is 5.10 Å². The minimum Gasteiger partial charge on any atom is -0.473 e. The molecular weight excluding hydrogens is 333 g/mol. The average Bonchev–Trinajstić information content (AvgIpc) is 3.14. The van der Waals surface area contributed by atoms with E-state index in [9.17, 15) is 0 Å². The van der Waals surface area contributed by atoms with Crippen molar-refractivity contribution < 1.29 is 4.74 Å². The quantitative estimate of drug-likeness (QED) is 0.835. The molecule has 1 N–H and O–H groups in total. The van der Waals surface area contributed by atoms with E-state index in [1.54, 1.807) is 0 Å². The lowest BCUT2D eigenvalue weighted by molar-refractivity contribution is 0.259. The molecule has 0 spiro atoms. The molecule has 1 fully saturated rings. The summed E-state index contributed by atoms with van der Waals surface area (Å²) >= 11 is 6.03. The molecule has 2 aromatic rings. The van der Waals surface area contributed by atoms with Crippen molar-refractivity contribution in [2.24, 2.45) is 0 Å². The molecule has 1 aliphatic rings. The Morgan fingerprint density at radius 3 is 2.78 bits per heavy atom. The highest BCUT2D eigenvalue weighted by Crippen LogP contribution is 2.33. The van der Waals surface area contributed by atoms with Crippen LogP contribution in [0.5, 0.6) is 5.88 Å². The van der Waals surface area contributed by atoms with E-state index in [4.69, 9.17) is 21.4 Å². The number of hydrogen-bond acceptors (Lipinski definition) is 3. The monoisotopic (exact) mass is 355 g/mol. The van der Waals surface area contributed by atoms with Gasteiger partial charge in [0.15, 0.2) is 0 Å². The first-order valence-electron chi connectivity index (χ1n) is 7.86. The molecule has 126 valence electrons. The Labute approximate surface area is 148 Å². The Balaban J connectivity index is 0.00000192. The Bertz CT molecular complexity index is 624. The lowest BCUT2D eigenvalue weighted by Crippen LogP contribution is -2.11. The Hall–Kier alpha value is -1.23. The average molecular weight is 356 g/mol. The van der Waals surface area contributed by atoms with Crippen molar-refractivity contribution in [1.29, 1.82) is 0 Å². The molecule has 4 nitrogen and oxygen atoms in total. The van der Waals surface area contributed by atoms with Gasteiger partial charge in [0.1, 0.15) is 6.61 Å². The van der Waals surface area contributed by atoms with Gasteiger partial charge in [-0.3, -0.25) is 0 Å². The third kappa shape index (κ3) is 4.63. The molecule has 0 amide bonds. The summed E-state index contributed by atoms with van der Waals surface area (Å²) in [6, 6.07) is 10.3. The first-order valence-corrected chi connectivity index (χ1v) is 8.24. The Morgan fingerprint density at radius 2 is 2.09 bits per heavy atom. The molecule has 1 saturated carbocycles. The molecule has 0 saturated heterocycles. The van der Waals surface area contributed by atoms with Crippen LogP contribution >= 0.6 is 24.0 Å². The molecule has 0 radical (unpaired) electrons. The van der Waals surface area contributed by atoms with Crippen molar-refractivity contribution in [2.75, 3.05) is 7.05 Å². The van der Waals surface area contributed by atoms with Crippen molar-refractivity contribution in [1.82, 2.24) is 15.1 Å². The minimum atomic E-state index is 0. The molecule has 0 atom stereocenters. The van der Waals surface area contributed by atoms with Crippen LogP contribution in [-0.4, -0.2) is 16.8 Å². The molecular formula is C17H23Cl2N3O. The molecule has 1 aromatic heterocycles. The van der Waals surface area contributed by atoms with Gasteiger partial charge in [-0.15, -0.1) is 12.4 Å². The lowest BCUT2D eigenvalue weighted by atomic mass is 10.2. The van der Waals surface area contributed by atoms with Crippen LogP contribution in [0.1, 0.15) is 43.0 Å². The maximum Gasteiger partial charge on any atom is 0.212 e. The van der Waals surface area contributed by atoms with Crippen molar-refractivity contribution >= 4 is 24.0 Å². The highest BCUT2D eigenvalue weighted by Gasteiger charge is 2.22. The normalized spacial score (nSPS) is 14.7. The molecule has 0 aliphatic heterocycles. The van der Waals surface area contributed by atoms with Crippen LogP contribution in [-0.2, 0) is 13.2 Å². The molecule has 3 rings (SSSR count). The van der Waals surface area contributed by atoms with E-state index in [0.717, 1.165) is 28.7 Å². The Morgan fingerprint density at radius 1 is 1.30 bits per heavy atom. The largest absolute Gasteiger partial charge is 0.473 e. The summed E-state index contributed by atoms with van der Waals surface area (Å²) in [7, 11) is 1.93. The van der Waals surface area contributed by atoms with E-state index < -0.39 is 0 Å². The van der Waals surface area contributed by atoms with Crippen molar-refractivity contribution in [3.63, 3.8) is 0 Å². The molecule has 0 bridgehead atoms. The van der Waals surface area contributed by atoms with Crippen LogP contribution in [0, 0.1) is 0 Å². The van der Waals surface area contributed by atoms with E-state index in [1.165, 1.54) is 25.7 Å². The number of nitrogens with zero attached hydrogens (tertiary/aromatic N) is 2. The number of rotatable bonds is 6. The number of ether oxygens (including phenoxy) is 1. The van der Waals surface area contributed by atoms with Gasteiger partial charge in [0.2, 0.25) is 5.88 Å². The van der Waals surface area contributed by atoms with Gasteiger partial charge >= 0.3 is 0 Å². The second-order valence-corrected chi connectivity index (χ2v) is 6.24. The predicted octanol–water partition coefficient (Wildman–Crippen LogP) is 4.37. The zero-order valence-corrected chi connectivity index (χ0v) is 14.9. The molecule has 6 heteroatoms. The van der Waals surface area contributed by atoms with Gasteiger partial charge in [0.05, 0.1) is 11.7 Å². The first kappa shape index (κ1) is 18.1. The Kier molecular flexibility index (Phi) is 6.75. The van der Waals surface area contributed by atoms with Gasteiger partial charge < -0.3 is 10.1 Å². The summed E-state index contributed by atoms with van der Waals surface area (Å²) in [5, 5.41) is 8.60. The van der Waals surface area contributed by atoms with E-state index >= 15 is 0 Å². The third-order valence-electron chi connectivity index (χ3n) is 4.06. The number of aromatic nitrogens is 2. The van der Waals surface area contributed by atoms with Gasteiger partial charge in [-0.05, 0) is 37.6 Å². The molecule has 1 heterocycles. The summed E-state index contributed by atoms with van der Waals surface area (Å²) < 4.78 is 8.11. The van der Waals surface area contributed by atoms with Crippen LogP contribution in [0.15, 0.2) is 30.3 Å². The fraction of sp³-hybridized carbons (Fsp3) is 0.471. The smallest absolute Gasteiger partial charge is 0.212 e. The van der Waals surface area contributed by atoms with Crippen molar-refractivity contribution in [3.8, 4) is 5.88 Å². The van der Waals surface area contributed by atoms with Crippen LogP contribution in [0.4, 0.5) is 0 Å². The lowest BCUT2D eigenvalue weighted by Gasteiger charge is -2.14. The fourth-order valence-electron chi connectivity index (χ4n) is 2.99. The third-order valence-corrected chi connectivity index (χ3v) is 4.29. The van der Waals surface area contributed by atoms with E-state index in [0.29, 0.717) is 12.6 Å². The van der Waals surface area contributed by atoms with Crippen molar-refractivity contribution in [3.05, 3.63) is 46.6 Å². The predicted molar refractivity (Wildman–Crippen MR) is 95.5 cm³/mol. The summed E-state index contributed by atoms with van der Waals surface area (Å²) in [6.07, 6.45) is 4.93. The maximum absolute atomic E-state index is 6.03. The topological polar surface area (TPSA) is 39.1 Å². The van der Waals surface area contributed by atoms with Crippen LogP contribution in [0.25, 0.3) is 0 Å². The second-order valence-electron chi connectivity index (χ2n) is 5.81. The standard InChI is InChI=1S/C17H22ClN3O.ClH/c1-19-11-15-10-17(21(20-15)16-7-2-3-8-16)22-12-13-5-4-6-14(18)9-13;/h4-6,9-10,16,19H,2-3,7-8,11-12H2,1H3;1H. The molecule has 0 unspecified atom stereocenters. The van der Waals surface area contributed by atoms with Gasteiger partial charge in [0.25, 0.3) is 0 Å². The van der Waals surface area contributed by atoms with E-state index in [2.05, 4.69) is 10.00 Å². The maximum atomic E-state index is 6.03. The summed E-state index contributed by atoms with van der Waals surface area (Å²) in [5.74, 6) is 0.858. The van der Waals surface area contributed by atoms with E-state index in [-0.39, 0.29) is 12.4 Å². The van der Waals surface area contributed by atoms with E-state index in [1.807, 2.05) is 37.4 Å². The number of benzene rings is 1. The summed E-state index contributed by atoms with van der Waals surface area (Å²) in [4.78, 5) is 0. The zero-order valence-electron chi connectivity index (χ0n) is 13.3. The van der Waals surface area contributed by atoms with Gasteiger partial charge in [0, 0.05) is 17.6 Å². The molecule has 1 aliphatic carbocycles. The zero-order chi connectivity index (χ0) is 15.4. The second kappa shape index (κ2) is 8.57. The number of nitrogens with one attached hydrogen (secondary N) is 1. The van der Waals surface area contributed by atoms with Gasteiger partial charge in [-0.1, -0.05) is 36.6 Å². The van der Waals surface area contributed by atoms with Crippen molar-refractivity contribution in [2.45, 2.75) is 44.9 Å².